The zero-order valence-corrected chi connectivity index (χ0v) is 19.1. The topological polar surface area (TPSA) is 94.7 Å². The monoisotopic (exact) mass is 463 g/mol. The number of ether oxygens (including phenoxy) is 1. The Kier molecular flexibility index (Phi) is 6.06. The number of methoxy groups -OCH3 is 1. The highest BCUT2D eigenvalue weighted by molar-refractivity contribution is 8.18. The summed E-state index contributed by atoms with van der Waals surface area (Å²) in [5.41, 5.74) is 3.85. The number of carbonyl (C=O) groups excluding carboxylic acids is 2. The second-order valence-electron chi connectivity index (χ2n) is 7.51. The van der Waals surface area contributed by atoms with Crippen LogP contribution in [-0.2, 0) is 11.3 Å². The van der Waals surface area contributed by atoms with Crippen LogP contribution in [0.3, 0.4) is 0 Å². The van der Waals surface area contributed by atoms with E-state index in [0.29, 0.717) is 5.56 Å². The summed E-state index contributed by atoms with van der Waals surface area (Å²) < 4.78 is 7.28. The average Bonchev–Trinajstić information content (AvgIpc) is 3.23. The summed E-state index contributed by atoms with van der Waals surface area (Å²) in [7, 11) is 1.61. The Balaban J connectivity index is 1.62. The molecule has 2 amide bonds. The maximum atomic E-state index is 13.0. The van der Waals surface area contributed by atoms with Gasteiger partial charge in [0, 0.05) is 28.7 Å². The summed E-state index contributed by atoms with van der Waals surface area (Å²) in [6.45, 7) is 3.76. The fraction of sp³-hybridized carbons (Fsp3) is 0.167. The minimum Gasteiger partial charge on any atom is -0.497 e. The molecule has 3 aromatic rings. The van der Waals surface area contributed by atoms with Gasteiger partial charge in [-0.25, -0.2) is 0 Å². The van der Waals surface area contributed by atoms with Crippen molar-refractivity contribution in [3.8, 4) is 11.4 Å². The molecule has 9 heteroatoms. The molecule has 8 nitrogen and oxygen atoms in total. The zero-order chi connectivity index (χ0) is 23.7. The summed E-state index contributed by atoms with van der Waals surface area (Å²) in [6, 6.07) is 15.7. The van der Waals surface area contributed by atoms with Crippen LogP contribution < -0.4 is 4.74 Å². The van der Waals surface area contributed by atoms with E-state index in [1.807, 2.05) is 44.2 Å². The minimum atomic E-state index is -0.516. The van der Waals surface area contributed by atoms with Crippen molar-refractivity contribution in [2.45, 2.75) is 20.4 Å². The molecule has 0 unspecified atom stereocenters. The molecule has 1 saturated heterocycles. The number of amides is 2. The van der Waals surface area contributed by atoms with Gasteiger partial charge in [0.25, 0.3) is 16.8 Å². The fourth-order valence-corrected chi connectivity index (χ4v) is 4.66. The highest BCUT2D eigenvalue weighted by atomic mass is 32.2. The number of benzene rings is 2. The van der Waals surface area contributed by atoms with Crippen LogP contribution in [0.4, 0.5) is 10.5 Å². The molecule has 33 heavy (non-hydrogen) atoms. The highest BCUT2D eigenvalue weighted by Crippen LogP contribution is 2.35. The van der Waals surface area contributed by atoms with Gasteiger partial charge in [-0.05, 0) is 67.6 Å². The number of aromatic nitrogens is 1. The molecule has 1 aromatic heterocycles. The van der Waals surface area contributed by atoms with Crippen molar-refractivity contribution >= 4 is 34.7 Å². The molecular formula is C24H21N3O5S. The Morgan fingerprint density at radius 2 is 1.79 bits per heavy atom. The molecule has 1 aliphatic rings. The molecule has 2 heterocycles. The predicted molar refractivity (Wildman–Crippen MR) is 126 cm³/mol. The first-order valence-electron chi connectivity index (χ1n) is 10.1. The van der Waals surface area contributed by atoms with Gasteiger partial charge in [-0.2, -0.15) is 0 Å². The lowest BCUT2D eigenvalue weighted by Gasteiger charge is -2.12. The summed E-state index contributed by atoms with van der Waals surface area (Å²) in [5.74, 6) is 0.297. The predicted octanol–water partition coefficient (Wildman–Crippen LogP) is 5.25. The van der Waals surface area contributed by atoms with Gasteiger partial charge in [-0.3, -0.25) is 24.6 Å². The third-order valence-corrected chi connectivity index (χ3v) is 6.39. The molecule has 0 saturated carbocycles. The van der Waals surface area contributed by atoms with Gasteiger partial charge in [0.2, 0.25) is 0 Å². The number of hydrogen-bond donors (Lipinski definition) is 0. The Bertz CT molecular complexity index is 1290. The summed E-state index contributed by atoms with van der Waals surface area (Å²) >= 11 is 0.838. The van der Waals surface area contributed by atoms with Gasteiger partial charge in [0.05, 0.1) is 23.5 Å². The van der Waals surface area contributed by atoms with Crippen molar-refractivity contribution < 1.29 is 19.2 Å². The minimum absolute atomic E-state index is 0.122. The Hall–Kier alpha value is -3.85. The second-order valence-corrected chi connectivity index (χ2v) is 8.51. The van der Waals surface area contributed by atoms with Gasteiger partial charge >= 0.3 is 0 Å². The Morgan fingerprint density at radius 1 is 1.09 bits per heavy atom. The summed E-state index contributed by atoms with van der Waals surface area (Å²) in [5, 5.41) is 10.8. The molecule has 1 fully saturated rings. The van der Waals surface area contributed by atoms with Crippen LogP contribution >= 0.6 is 11.8 Å². The molecule has 2 aromatic carbocycles. The maximum absolute atomic E-state index is 13.0. The normalized spacial score (nSPS) is 14.9. The number of imide groups is 1. The molecule has 0 N–H and O–H groups in total. The van der Waals surface area contributed by atoms with Crippen LogP contribution in [0.25, 0.3) is 11.8 Å². The fourth-order valence-electron chi connectivity index (χ4n) is 3.83. The Morgan fingerprint density at radius 3 is 2.45 bits per heavy atom. The van der Waals surface area contributed by atoms with Crippen molar-refractivity contribution in [1.82, 2.24) is 9.47 Å². The molecule has 0 spiro atoms. The number of nitro groups is 1. The van der Waals surface area contributed by atoms with Crippen LogP contribution in [0.1, 0.15) is 22.5 Å². The third-order valence-electron chi connectivity index (χ3n) is 5.48. The first-order chi connectivity index (χ1) is 15.8. The van der Waals surface area contributed by atoms with Crippen molar-refractivity contribution in [1.29, 1.82) is 0 Å². The Labute approximate surface area is 194 Å². The SMILES string of the molecule is COc1ccc(-n2c(C)cc(/C=C3\SC(=O)N(Cc4ccccc4[N+](=O)[O-])C3=O)c2C)cc1. The summed E-state index contributed by atoms with van der Waals surface area (Å²) in [6.07, 6.45) is 1.70. The summed E-state index contributed by atoms with van der Waals surface area (Å²) in [4.78, 5) is 37.6. The number of para-hydroxylation sites is 1. The number of rotatable bonds is 6. The molecule has 0 atom stereocenters. The first-order valence-corrected chi connectivity index (χ1v) is 10.9. The zero-order valence-electron chi connectivity index (χ0n) is 18.3. The van der Waals surface area contributed by atoms with E-state index in [-0.39, 0.29) is 17.1 Å². The quantitative estimate of drug-likeness (QED) is 0.282. The van der Waals surface area contributed by atoms with Gasteiger partial charge in [-0.1, -0.05) is 18.2 Å². The molecule has 0 radical (unpaired) electrons. The average molecular weight is 464 g/mol. The molecule has 168 valence electrons. The number of hydrogen-bond acceptors (Lipinski definition) is 6. The maximum Gasteiger partial charge on any atom is 0.293 e. The van der Waals surface area contributed by atoms with E-state index in [1.54, 1.807) is 31.4 Å². The smallest absolute Gasteiger partial charge is 0.293 e. The van der Waals surface area contributed by atoms with Crippen LogP contribution in [0, 0.1) is 24.0 Å². The van der Waals surface area contributed by atoms with E-state index < -0.39 is 16.1 Å². The molecule has 4 rings (SSSR count). The number of nitrogens with zero attached hydrogens (tertiary/aromatic N) is 3. The van der Waals surface area contributed by atoms with E-state index in [9.17, 15) is 19.7 Å². The van der Waals surface area contributed by atoms with Crippen molar-refractivity contribution in [2.75, 3.05) is 7.11 Å². The lowest BCUT2D eigenvalue weighted by atomic mass is 10.1. The standard InChI is InChI=1S/C24H21N3O5S/c1-15-12-18(16(2)26(15)19-8-10-20(32-3)11-9-19)13-22-23(28)25(24(29)33-22)14-17-6-4-5-7-21(17)27(30)31/h4-13H,14H2,1-3H3/b22-13-. The van der Waals surface area contributed by atoms with Crippen LogP contribution in [0.5, 0.6) is 5.75 Å². The van der Waals surface area contributed by atoms with E-state index in [0.717, 1.165) is 45.1 Å². The lowest BCUT2D eigenvalue weighted by Crippen LogP contribution is -2.27. The van der Waals surface area contributed by atoms with Crippen LogP contribution in [-0.4, -0.2) is 32.6 Å². The molecular weight excluding hydrogens is 442 g/mol. The van der Waals surface area contributed by atoms with Gasteiger partial charge < -0.3 is 9.30 Å². The molecule has 0 bridgehead atoms. The lowest BCUT2D eigenvalue weighted by molar-refractivity contribution is -0.385. The third kappa shape index (κ3) is 4.27. The first kappa shape index (κ1) is 22.3. The second kappa shape index (κ2) is 8.95. The van der Waals surface area contributed by atoms with Gasteiger partial charge in [0.1, 0.15) is 5.75 Å². The van der Waals surface area contributed by atoms with Crippen molar-refractivity contribution in [2.24, 2.45) is 0 Å². The van der Waals surface area contributed by atoms with Crippen LogP contribution in [0.15, 0.2) is 59.5 Å². The number of carbonyl (C=O) groups is 2. The van der Waals surface area contributed by atoms with E-state index in [2.05, 4.69) is 4.57 Å². The number of aryl methyl sites for hydroxylation is 1. The van der Waals surface area contributed by atoms with E-state index in [4.69, 9.17) is 4.74 Å². The van der Waals surface area contributed by atoms with Gasteiger partial charge in [0.15, 0.2) is 0 Å². The van der Waals surface area contributed by atoms with Crippen molar-refractivity contribution in [3.05, 3.63) is 92.1 Å². The largest absolute Gasteiger partial charge is 0.497 e. The number of nitro benzene ring substituents is 1. The van der Waals surface area contributed by atoms with E-state index >= 15 is 0 Å². The van der Waals surface area contributed by atoms with Gasteiger partial charge in [-0.15, -0.1) is 0 Å². The highest BCUT2D eigenvalue weighted by Gasteiger charge is 2.36. The van der Waals surface area contributed by atoms with Crippen LogP contribution in [0.2, 0.25) is 0 Å². The molecule has 0 aliphatic carbocycles. The van der Waals surface area contributed by atoms with E-state index in [1.165, 1.54) is 6.07 Å². The van der Waals surface area contributed by atoms with Crippen molar-refractivity contribution in [3.63, 3.8) is 0 Å². The number of thioether (sulfide) groups is 1. The molecule has 1 aliphatic heterocycles.